The molecule has 1 fully saturated rings. The van der Waals surface area contributed by atoms with Crippen molar-refractivity contribution in [3.63, 3.8) is 0 Å². The van der Waals surface area contributed by atoms with Crippen molar-refractivity contribution in [1.29, 1.82) is 0 Å². The Morgan fingerprint density at radius 3 is 1.94 bits per heavy atom. The molecule has 0 aliphatic heterocycles. The second kappa shape index (κ2) is 7.72. The first-order valence-corrected chi connectivity index (χ1v) is 10.8. The van der Waals surface area contributed by atoms with Gasteiger partial charge in [0.1, 0.15) is 11.4 Å². The third-order valence-corrected chi connectivity index (χ3v) is 5.88. The number of hydrogen-bond acceptors (Lipinski definition) is 2. The summed E-state index contributed by atoms with van der Waals surface area (Å²) in [5.74, 6) is 0.00494. The summed E-state index contributed by atoms with van der Waals surface area (Å²) in [4.78, 5) is 15.2. The quantitative estimate of drug-likeness (QED) is 0.496. The lowest BCUT2D eigenvalue weighted by Gasteiger charge is -2.28. The molecular weight excluding hydrogens is 403 g/mol. The van der Waals surface area contributed by atoms with Gasteiger partial charge in [-0.05, 0) is 64.3 Å². The topological polar surface area (TPSA) is 53.1 Å². The number of aromatic nitrogens is 1. The Morgan fingerprint density at radius 1 is 1.00 bits per heavy atom. The van der Waals surface area contributed by atoms with Crippen molar-refractivity contribution in [2.24, 2.45) is 0 Å². The van der Waals surface area contributed by atoms with Crippen LogP contribution in [0.5, 0.6) is 5.75 Å². The molecule has 1 saturated carbocycles. The van der Waals surface area contributed by atoms with E-state index < -0.39 is 11.9 Å². The van der Waals surface area contributed by atoms with E-state index in [1.165, 1.54) is 0 Å². The first kappa shape index (κ1) is 23.4. The van der Waals surface area contributed by atoms with Crippen molar-refractivity contribution >= 4 is 5.78 Å². The average Bonchev–Trinajstić information content (AvgIpc) is 3.35. The second-order valence-electron chi connectivity index (χ2n) is 10.7. The molecule has 1 aromatic heterocycles. The molecular formula is C25H32F3NO2. The summed E-state index contributed by atoms with van der Waals surface area (Å²) >= 11 is 0. The number of carbonyl (C=O) groups excluding carboxylic acids is 1. The normalized spacial score (nSPS) is 15.4. The summed E-state index contributed by atoms with van der Waals surface area (Å²) < 4.78 is 39.5. The molecule has 1 aliphatic rings. The largest absolute Gasteiger partial charge is 0.507 e. The maximum atomic E-state index is 13.2. The molecule has 0 amide bonds. The fourth-order valence-electron chi connectivity index (χ4n) is 3.94. The van der Waals surface area contributed by atoms with Gasteiger partial charge in [-0.15, -0.1) is 0 Å². The standard InChI is InChI=1S/C25H32F3NO2/c1-23(2,3)17-11-14(12-18(22(17)31)24(4,5)6)7-10-19(30)21-16(15-8-9-15)13-20(29-21)25(26,27)28/h11-13,15,29,31H,7-10H2,1-6H3. The van der Waals surface area contributed by atoms with Crippen LogP contribution < -0.4 is 0 Å². The summed E-state index contributed by atoms with van der Waals surface area (Å²) in [6, 6.07) is 4.92. The number of hydrogen-bond donors (Lipinski definition) is 2. The SMILES string of the molecule is CC(C)(C)c1cc(CCC(=O)c2[nH]c(C(F)(F)F)cc2C2CC2)cc(C(C)(C)C)c1O. The Kier molecular flexibility index (Phi) is 5.83. The molecule has 3 rings (SSSR count). The van der Waals surface area contributed by atoms with Gasteiger partial charge in [0.25, 0.3) is 0 Å². The molecule has 1 aromatic carbocycles. The molecule has 0 bridgehead atoms. The summed E-state index contributed by atoms with van der Waals surface area (Å²) in [6.45, 7) is 12.1. The van der Waals surface area contributed by atoms with E-state index in [4.69, 9.17) is 0 Å². The van der Waals surface area contributed by atoms with Gasteiger partial charge in [-0.2, -0.15) is 13.2 Å². The molecule has 0 radical (unpaired) electrons. The highest BCUT2D eigenvalue weighted by Crippen LogP contribution is 2.44. The summed E-state index contributed by atoms with van der Waals surface area (Å²) in [5.41, 5.74) is 1.67. The number of alkyl halides is 3. The van der Waals surface area contributed by atoms with Crippen LogP contribution in [-0.2, 0) is 23.4 Å². The highest BCUT2D eigenvalue weighted by atomic mass is 19.4. The van der Waals surface area contributed by atoms with Crippen LogP contribution in [0.3, 0.4) is 0 Å². The predicted molar refractivity (Wildman–Crippen MR) is 116 cm³/mol. The molecule has 1 heterocycles. The van der Waals surface area contributed by atoms with Crippen LogP contribution in [0, 0.1) is 0 Å². The van der Waals surface area contributed by atoms with E-state index in [2.05, 4.69) is 4.98 Å². The smallest absolute Gasteiger partial charge is 0.431 e. The maximum Gasteiger partial charge on any atom is 0.431 e. The number of halogens is 3. The van der Waals surface area contributed by atoms with E-state index in [-0.39, 0.29) is 40.4 Å². The fraction of sp³-hybridized carbons (Fsp3) is 0.560. The van der Waals surface area contributed by atoms with E-state index in [0.29, 0.717) is 12.0 Å². The Bertz CT molecular complexity index is 949. The van der Waals surface area contributed by atoms with Gasteiger partial charge in [0.05, 0.1) is 5.69 Å². The number of rotatable bonds is 5. The van der Waals surface area contributed by atoms with Gasteiger partial charge in [-0.25, -0.2) is 0 Å². The number of benzene rings is 1. The number of carbonyl (C=O) groups is 1. The van der Waals surface area contributed by atoms with Crippen LogP contribution in [-0.4, -0.2) is 15.9 Å². The lowest BCUT2D eigenvalue weighted by Crippen LogP contribution is -2.18. The molecule has 31 heavy (non-hydrogen) atoms. The van der Waals surface area contributed by atoms with Crippen molar-refractivity contribution in [3.05, 3.63) is 51.8 Å². The Labute approximate surface area is 182 Å². The first-order chi connectivity index (χ1) is 14.1. The zero-order chi connectivity index (χ0) is 23.4. The van der Waals surface area contributed by atoms with Gasteiger partial charge < -0.3 is 10.1 Å². The van der Waals surface area contributed by atoms with Crippen molar-refractivity contribution in [2.45, 2.75) is 90.1 Å². The Morgan fingerprint density at radius 2 is 1.52 bits per heavy atom. The van der Waals surface area contributed by atoms with E-state index in [1.807, 2.05) is 53.7 Å². The number of ketones is 1. The van der Waals surface area contributed by atoms with E-state index in [9.17, 15) is 23.1 Å². The number of phenolic OH excluding ortho intramolecular Hbond substituents is 1. The monoisotopic (exact) mass is 435 g/mol. The molecule has 0 saturated heterocycles. The van der Waals surface area contributed by atoms with Gasteiger partial charge in [0, 0.05) is 6.42 Å². The molecule has 3 nitrogen and oxygen atoms in total. The lowest BCUT2D eigenvalue weighted by atomic mass is 9.78. The molecule has 6 heteroatoms. The van der Waals surface area contributed by atoms with Crippen LogP contribution in [0.4, 0.5) is 13.2 Å². The van der Waals surface area contributed by atoms with Gasteiger partial charge in [0.2, 0.25) is 0 Å². The first-order valence-electron chi connectivity index (χ1n) is 10.8. The molecule has 170 valence electrons. The molecule has 2 aromatic rings. The fourth-order valence-corrected chi connectivity index (χ4v) is 3.94. The number of phenols is 1. The van der Waals surface area contributed by atoms with Crippen LogP contribution in [0.2, 0.25) is 0 Å². The third kappa shape index (κ3) is 5.16. The van der Waals surface area contributed by atoms with E-state index >= 15 is 0 Å². The Balaban J connectivity index is 1.89. The van der Waals surface area contributed by atoms with Crippen LogP contribution in [0.1, 0.15) is 105 Å². The number of aromatic amines is 1. The van der Waals surface area contributed by atoms with E-state index in [1.54, 1.807) is 0 Å². The highest BCUT2D eigenvalue weighted by Gasteiger charge is 2.38. The van der Waals surface area contributed by atoms with E-state index in [0.717, 1.165) is 35.6 Å². The minimum Gasteiger partial charge on any atom is -0.507 e. The predicted octanol–water partition coefficient (Wildman–Crippen LogP) is 7.03. The third-order valence-electron chi connectivity index (χ3n) is 5.88. The molecule has 0 atom stereocenters. The van der Waals surface area contributed by atoms with Gasteiger partial charge >= 0.3 is 6.18 Å². The van der Waals surface area contributed by atoms with Crippen LogP contribution in [0.25, 0.3) is 0 Å². The van der Waals surface area contributed by atoms with Gasteiger partial charge in [-0.1, -0.05) is 53.7 Å². The highest BCUT2D eigenvalue weighted by molar-refractivity contribution is 5.96. The molecule has 0 unspecified atom stereocenters. The summed E-state index contributed by atoms with van der Waals surface area (Å²) in [7, 11) is 0. The molecule has 1 aliphatic carbocycles. The van der Waals surface area contributed by atoms with Crippen LogP contribution >= 0.6 is 0 Å². The maximum absolute atomic E-state index is 13.2. The summed E-state index contributed by atoms with van der Waals surface area (Å²) in [6.07, 6.45) is -2.36. The lowest BCUT2D eigenvalue weighted by molar-refractivity contribution is -0.140. The minimum atomic E-state index is -4.50. The summed E-state index contributed by atoms with van der Waals surface area (Å²) in [5, 5.41) is 10.8. The Hall–Kier alpha value is -2.24. The molecule has 0 spiro atoms. The average molecular weight is 436 g/mol. The zero-order valence-corrected chi connectivity index (χ0v) is 19.1. The number of Topliss-reactive ketones (excluding diaryl/α,β-unsaturated/α-hetero) is 1. The van der Waals surface area contributed by atoms with Crippen molar-refractivity contribution in [1.82, 2.24) is 4.98 Å². The van der Waals surface area contributed by atoms with Gasteiger partial charge in [-0.3, -0.25) is 4.79 Å². The zero-order valence-electron chi connectivity index (χ0n) is 19.1. The van der Waals surface area contributed by atoms with Crippen LogP contribution in [0.15, 0.2) is 18.2 Å². The van der Waals surface area contributed by atoms with Crippen molar-refractivity contribution < 1.29 is 23.1 Å². The van der Waals surface area contributed by atoms with Gasteiger partial charge in [0.15, 0.2) is 5.78 Å². The number of nitrogens with one attached hydrogen (secondary N) is 1. The number of aromatic hydroxyl groups is 1. The number of aryl methyl sites for hydroxylation is 1. The van der Waals surface area contributed by atoms with Crippen molar-refractivity contribution in [2.75, 3.05) is 0 Å². The van der Waals surface area contributed by atoms with Crippen molar-refractivity contribution in [3.8, 4) is 5.75 Å². The number of H-pyrrole nitrogens is 1. The molecule has 2 N–H and O–H groups in total. The minimum absolute atomic E-state index is 0.0416. The second-order valence-corrected chi connectivity index (χ2v) is 10.7.